The van der Waals surface area contributed by atoms with Gasteiger partial charge in [0.2, 0.25) is 0 Å². The van der Waals surface area contributed by atoms with Crippen LogP contribution in [-0.2, 0) is 14.3 Å². The molecule has 0 radical (unpaired) electrons. The van der Waals surface area contributed by atoms with Crippen molar-refractivity contribution in [2.75, 3.05) is 0 Å². The normalized spacial score (nSPS) is 25.4. The Labute approximate surface area is 101 Å². The van der Waals surface area contributed by atoms with Gasteiger partial charge in [0.25, 0.3) is 0 Å². The van der Waals surface area contributed by atoms with Gasteiger partial charge < -0.3 is 19.6 Å². The second-order valence-corrected chi connectivity index (χ2v) is 5.00. The van der Waals surface area contributed by atoms with Gasteiger partial charge in [-0.25, -0.2) is 4.79 Å². The van der Waals surface area contributed by atoms with Gasteiger partial charge in [0.1, 0.15) is 24.0 Å². The van der Waals surface area contributed by atoms with Crippen LogP contribution in [0.25, 0.3) is 0 Å². The summed E-state index contributed by atoms with van der Waals surface area (Å²) in [7, 11) is 0. The minimum Gasteiger partial charge on any atom is -0.444 e. The zero-order valence-corrected chi connectivity index (χ0v) is 10.6. The lowest BCUT2D eigenvalue weighted by molar-refractivity contribution is -0.112. The standard InChI is InChI=1S/C12H19NO4/c1-8-5-6-10(16-8)9(7-14)13-11(15)17-12(2,3)4/h5-10H,1-4H3,(H,13,15)/t8-,9-,10-/m1/s1. The summed E-state index contributed by atoms with van der Waals surface area (Å²) >= 11 is 0. The van der Waals surface area contributed by atoms with E-state index in [4.69, 9.17) is 9.47 Å². The molecule has 0 bridgehead atoms. The molecule has 1 amide bonds. The molecule has 0 aromatic rings. The molecule has 96 valence electrons. The fraction of sp³-hybridized carbons (Fsp3) is 0.667. The first-order chi connectivity index (χ1) is 7.81. The van der Waals surface area contributed by atoms with Gasteiger partial charge in [-0.05, 0) is 27.7 Å². The number of hydrogen-bond donors (Lipinski definition) is 1. The van der Waals surface area contributed by atoms with Gasteiger partial charge in [-0.15, -0.1) is 0 Å². The molecule has 0 spiro atoms. The van der Waals surface area contributed by atoms with E-state index in [0.29, 0.717) is 6.29 Å². The Hall–Kier alpha value is -1.36. The minimum absolute atomic E-state index is 0.0390. The monoisotopic (exact) mass is 241 g/mol. The predicted octanol–water partition coefficient (Wildman–Crippen LogP) is 1.42. The van der Waals surface area contributed by atoms with E-state index in [-0.39, 0.29) is 6.10 Å². The molecule has 0 saturated carbocycles. The highest BCUT2D eigenvalue weighted by Gasteiger charge is 2.28. The average Bonchev–Trinajstić information content (AvgIpc) is 2.58. The number of carbonyl (C=O) groups excluding carboxylic acids is 2. The molecule has 0 aliphatic carbocycles. The summed E-state index contributed by atoms with van der Waals surface area (Å²) in [6, 6.07) is -0.717. The fourth-order valence-electron chi connectivity index (χ4n) is 1.45. The molecule has 1 aliphatic heterocycles. The van der Waals surface area contributed by atoms with Crippen molar-refractivity contribution in [2.45, 2.75) is 51.5 Å². The molecule has 5 heteroatoms. The van der Waals surface area contributed by atoms with Crippen molar-refractivity contribution in [1.82, 2.24) is 5.32 Å². The van der Waals surface area contributed by atoms with Crippen LogP contribution in [-0.4, -0.2) is 36.2 Å². The minimum atomic E-state index is -0.717. The summed E-state index contributed by atoms with van der Waals surface area (Å²) in [4.78, 5) is 22.4. The highest BCUT2D eigenvalue weighted by molar-refractivity contribution is 5.74. The summed E-state index contributed by atoms with van der Waals surface area (Å²) in [5.74, 6) is 0. The lowest BCUT2D eigenvalue weighted by atomic mass is 10.2. The molecule has 3 atom stereocenters. The van der Waals surface area contributed by atoms with E-state index in [9.17, 15) is 9.59 Å². The zero-order chi connectivity index (χ0) is 13.1. The predicted molar refractivity (Wildman–Crippen MR) is 62.7 cm³/mol. The van der Waals surface area contributed by atoms with Gasteiger partial charge >= 0.3 is 6.09 Å². The van der Waals surface area contributed by atoms with Crippen LogP contribution in [0.5, 0.6) is 0 Å². The fourth-order valence-corrected chi connectivity index (χ4v) is 1.45. The molecular formula is C12H19NO4. The Bertz CT molecular complexity index is 319. The number of nitrogens with one attached hydrogen (secondary N) is 1. The van der Waals surface area contributed by atoms with Gasteiger partial charge in [-0.2, -0.15) is 0 Å². The maximum Gasteiger partial charge on any atom is 0.408 e. The van der Waals surface area contributed by atoms with Crippen LogP contribution >= 0.6 is 0 Å². The SMILES string of the molecule is C[C@@H]1C=C[C@H]([C@@H](C=O)NC(=O)OC(C)(C)C)O1. The first-order valence-corrected chi connectivity index (χ1v) is 5.60. The number of carbonyl (C=O) groups is 2. The van der Waals surface area contributed by atoms with Gasteiger partial charge in [0, 0.05) is 0 Å². The maximum atomic E-state index is 11.5. The lowest BCUT2D eigenvalue weighted by Gasteiger charge is -2.23. The smallest absolute Gasteiger partial charge is 0.408 e. The van der Waals surface area contributed by atoms with Crippen LogP contribution in [0.1, 0.15) is 27.7 Å². The van der Waals surface area contributed by atoms with E-state index >= 15 is 0 Å². The van der Waals surface area contributed by atoms with Crippen molar-refractivity contribution < 1.29 is 19.1 Å². The zero-order valence-electron chi connectivity index (χ0n) is 10.6. The van der Waals surface area contributed by atoms with E-state index in [2.05, 4.69) is 5.32 Å². The average molecular weight is 241 g/mol. The van der Waals surface area contributed by atoms with Crippen molar-refractivity contribution in [1.29, 1.82) is 0 Å². The number of ether oxygens (including phenoxy) is 2. The Morgan fingerprint density at radius 2 is 2.12 bits per heavy atom. The summed E-state index contributed by atoms with van der Waals surface area (Å²) in [5.41, 5.74) is -0.586. The van der Waals surface area contributed by atoms with E-state index in [1.165, 1.54) is 0 Å². The summed E-state index contributed by atoms with van der Waals surface area (Å²) in [6.07, 6.45) is 3.18. The summed E-state index contributed by atoms with van der Waals surface area (Å²) in [5, 5.41) is 2.48. The van der Waals surface area contributed by atoms with Gasteiger partial charge in [-0.3, -0.25) is 0 Å². The van der Waals surface area contributed by atoms with Crippen LogP contribution in [0.15, 0.2) is 12.2 Å². The molecule has 1 heterocycles. The second kappa shape index (κ2) is 5.31. The third-order valence-electron chi connectivity index (χ3n) is 2.13. The number of alkyl carbamates (subject to hydrolysis) is 1. The number of hydrogen-bond acceptors (Lipinski definition) is 4. The molecular weight excluding hydrogens is 222 g/mol. The second-order valence-electron chi connectivity index (χ2n) is 5.00. The van der Waals surface area contributed by atoms with Crippen molar-refractivity contribution in [3.05, 3.63) is 12.2 Å². The molecule has 1 N–H and O–H groups in total. The van der Waals surface area contributed by atoms with Gasteiger partial charge in [0.05, 0.1) is 6.10 Å². The number of amides is 1. The van der Waals surface area contributed by atoms with Crippen LogP contribution in [0.4, 0.5) is 4.79 Å². The van der Waals surface area contributed by atoms with Crippen molar-refractivity contribution >= 4 is 12.4 Å². The lowest BCUT2D eigenvalue weighted by Crippen LogP contribution is -2.46. The van der Waals surface area contributed by atoms with E-state index in [1.54, 1.807) is 26.8 Å². The Balaban J connectivity index is 2.50. The van der Waals surface area contributed by atoms with Crippen LogP contribution in [0, 0.1) is 0 Å². The first kappa shape index (κ1) is 13.7. The molecule has 0 aromatic heterocycles. The van der Waals surface area contributed by atoms with Crippen LogP contribution < -0.4 is 5.32 Å². The first-order valence-electron chi connectivity index (χ1n) is 5.60. The molecule has 0 aromatic carbocycles. The van der Waals surface area contributed by atoms with Crippen molar-refractivity contribution in [3.63, 3.8) is 0 Å². The summed E-state index contributed by atoms with van der Waals surface area (Å²) in [6.45, 7) is 7.15. The molecule has 0 unspecified atom stereocenters. The highest BCUT2D eigenvalue weighted by atomic mass is 16.6. The third-order valence-corrected chi connectivity index (χ3v) is 2.13. The quantitative estimate of drug-likeness (QED) is 0.599. The van der Waals surface area contributed by atoms with Crippen LogP contribution in [0.3, 0.4) is 0 Å². The largest absolute Gasteiger partial charge is 0.444 e. The molecule has 1 aliphatic rings. The van der Waals surface area contributed by atoms with Crippen LogP contribution in [0.2, 0.25) is 0 Å². The Morgan fingerprint density at radius 1 is 1.47 bits per heavy atom. The molecule has 5 nitrogen and oxygen atoms in total. The number of rotatable bonds is 3. The molecule has 1 rings (SSSR count). The van der Waals surface area contributed by atoms with Gasteiger partial charge in [0.15, 0.2) is 0 Å². The van der Waals surface area contributed by atoms with E-state index in [0.717, 1.165) is 0 Å². The number of aldehydes is 1. The maximum absolute atomic E-state index is 11.5. The topological polar surface area (TPSA) is 64.6 Å². The molecule has 0 saturated heterocycles. The highest BCUT2D eigenvalue weighted by Crippen LogP contribution is 2.14. The third kappa shape index (κ3) is 4.56. The Morgan fingerprint density at radius 3 is 2.53 bits per heavy atom. The van der Waals surface area contributed by atoms with Crippen molar-refractivity contribution in [3.8, 4) is 0 Å². The van der Waals surface area contributed by atoms with Gasteiger partial charge in [-0.1, -0.05) is 12.2 Å². The summed E-state index contributed by atoms with van der Waals surface area (Å²) < 4.78 is 10.5. The van der Waals surface area contributed by atoms with Crippen molar-refractivity contribution in [2.24, 2.45) is 0 Å². The Kier molecular flexibility index (Phi) is 4.28. The van der Waals surface area contributed by atoms with E-state index < -0.39 is 23.8 Å². The molecule has 0 fully saturated rings. The molecule has 17 heavy (non-hydrogen) atoms. The van der Waals surface area contributed by atoms with E-state index in [1.807, 2.05) is 13.0 Å².